The molecule has 0 bridgehead atoms. The molecule has 1 aliphatic heterocycles. The van der Waals surface area contributed by atoms with Crippen LogP contribution in [0.4, 0.5) is 0 Å². The van der Waals surface area contributed by atoms with Crippen LogP contribution >= 0.6 is 0 Å². The molecule has 0 radical (unpaired) electrons. The first-order valence-corrected chi connectivity index (χ1v) is 5.92. The van der Waals surface area contributed by atoms with E-state index in [1.165, 1.54) is 0 Å². The first-order chi connectivity index (χ1) is 8.15. The summed E-state index contributed by atoms with van der Waals surface area (Å²) in [6, 6.07) is -0.228. The Labute approximate surface area is 102 Å². The highest BCUT2D eigenvalue weighted by atomic mass is 16.5. The van der Waals surface area contributed by atoms with Gasteiger partial charge in [0.1, 0.15) is 0 Å². The van der Waals surface area contributed by atoms with E-state index in [4.69, 9.17) is 4.74 Å². The van der Waals surface area contributed by atoms with Crippen molar-refractivity contribution in [3.8, 4) is 0 Å². The number of amides is 2. The Hall–Kier alpha value is -1.14. The van der Waals surface area contributed by atoms with E-state index in [1.54, 1.807) is 7.11 Å². The summed E-state index contributed by atoms with van der Waals surface area (Å²) in [7, 11) is 1.63. The predicted molar refractivity (Wildman–Crippen MR) is 63.5 cm³/mol. The first-order valence-electron chi connectivity index (χ1n) is 5.92. The van der Waals surface area contributed by atoms with Crippen molar-refractivity contribution in [2.24, 2.45) is 0 Å². The fourth-order valence-electron chi connectivity index (χ4n) is 1.73. The van der Waals surface area contributed by atoms with Gasteiger partial charge in [-0.25, -0.2) is 0 Å². The molecular formula is C11H21N3O3. The van der Waals surface area contributed by atoms with Gasteiger partial charge in [0.05, 0.1) is 12.6 Å². The predicted octanol–water partition coefficient (Wildman–Crippen LogP) is -1.04. The zero-order chi connectivity index (χ0) is 12.7. The molecular weight excluding hydrogens is 222 g/mol. The lowest BCUT2D eigenvalue weighted by molar-refractivity contribution is -0.130. The zero-order valence-corrected chi connectivity index (χ0v) is 10.5. The number of hydrogen-bond acceptors (Lipinski definition) is 4. The number of rotatable bonds is 6. The SMILES string of the molecule is COCCCNC(=O)CN1CCNC(=O)C1C. The highest BCUT2D eigenvalue weighted by Crippen LogP contribution is 2.02. The van der Waals surface area contributed by atoms with Crippen LogP contribution in [0.25, 0.3) is 0 Å². The molecule has 0 aromatic carbocycles. The summed E-state index contributed by atoms with van der Waals surface area (Å²) in [5, 5.41) is 5.57. The summed E-state index contributed by atoms with van der Waals surface area (Å²) in [4.78, 5) is 24.9. The van der Waals surface area contributed by atoms with Gasteiger partial charge in [-0.1, -0.05) is 0 Å². The molecule has 1 heterocycles. The van der Waals surface area contributed by atoms with Crippen molar-refractivity contribution < 1.29 is 14.3 Å². The molecule has 1 fully saturated rings. The van der Waals surface area contributed by atoms with Gasteiger partial charge in [-0.3, -0.25) is 14.5 Å². The van der Waals surface area contributed by atoms with Gasteiger partial charge in [0.15, 0.2) is 0 Å². The molecule has 1 atom stereocenters. The normalized spacial score (nSPS) is 21.1. The molecule has 17 heavy (non-hydrogen) atoms. The fourth-order valence-corrected chi connectivity index (χ4v) is 1.73. The number of methoxy groups -OCH3 is 1. The Morgan fingerprint density at radius 1 is 1.65 bits per heavy atom. The lowest BCUT2D eigenvalue weighted by Crippen LogP contribution is -2.56. The standard InChI is InChI=1S/C11H21N3O3/c1-9-11(16)13-5-6-14(9)8-10(15)12-4-3-7-17-2/h9H,3-8H2,1-2H3,(H,12,15)(H,13,16). The molecule has 0 aliphatic carbocycles. The minimum Gasteiger partial charge on any atom is -0.385 e. The first kappa shape index (κ1) is 13.9. The smallest absolute Gasteiger partial charge is 0.237 e. The lowest BCUT2D eigenvalue weighted by Gasteiger charge is -2.31. The van der Waals surface area contributed by atoms with Gasteiger partial charge in [-0.15, -0.1) is 0 Å². The summed E-state index contributed by atoms with van der Waals surface area (Å²) in [5.74, 6) is -0.0499. The van der Waals surface area contributed by atoms with E-state index in [2.05, 4.69) is 10.6 Å². The van der Waals surface area contributed by atoms with Crippen LogP contribution in [0.3, 0.4) is 0 Å². The minimum absolute atomic E-state index is 0.0107. The Balaban J connectivity index is 2.23. The number of nitrogens with zero attached hydrogens (tertiary/aromatic N) is 1. The highest BCUT2D eigenvalue weighted by Gasteiger charge is 2.26. The summed E-state index contributed by atoms with van der Waals surface area (Å²) < 4.78 is 4.89. The average Bonchev–Trinajstić information content (AvgIpc) is 2.31. The maximum absolute atomic E-state index is 11.6. The molecule has 0 spiro atoms. The molecule has 6 heteroatoms. The summed E-state index contributed by atoms with van der Waals surface area (Å²) in [6.45, 7) is 4.68. The number of nitrogens with one attached hydrogen (secondary N) is 2. The van der Waals surface area contributed by atoms with Crippen molar-refractivity contribution in [1.82, 2.24) is 15.5 Å². The van der Waals surface area contributed by atoms with Crippen LogP contribution in [-0.4, -0.2) is 62.7 Å². The van der Waals surface area contributed by atoms with Crippen molar-refractivity contribution >= 4 is 11.8 Å². The van der Waals surface area contributed by atoms with E-state index in [0.29, 0.717) is 19.7 Å². The summed E-state index contributed by atoms with van der Waals surface area (Å²) in [5.41, 5.74) is 0. The summed E-state index contributed by atoms with van der Waals surface area (Å²) >= 11 is 0. The molecule has 98 valence electrons. The van der Waals surface area contributed by atoms with Gasteiger partial charge >= 0.3 is 0 Å². The third-order valence-electron chi connectivity index (χ3n) is 2.82. The van der Waals surface area contributed by atoms with E-state index in [1.807, 2.05) is 11.8 Å². The molecule has 1 rings (SSSR count). The van der Waals surface area contributed by atoms with Gasteiger partial charge in [-0.05, 0) is 13.3 Å². The largest absolute Gasteiger partial charge is 0.385 e. The summed E-state index contributed by atoms with van der Waals surface area (Å²) in [6.07, 6.45) is 0.804. The Morgan fingerprint density at radius 2 is 2.41 bits per heavy atom. The quantitative estimate of drug-likeness (QED) is 0.585. The molecule has 0 saturated carbocycles. The van der Waals surface area contributed by atoms with E-state index in [9.17, 15) is 9.59 Å². The molecule has 2 amide bonds. The van der Waals surface area contributed by atoms with Gasteiger partial charge in [-0.2, -0.15) is 0 Å². The van der Waals surface area contributed by atoms with Gasteiger partial charge in [0, 0.05) is 33.4 Å². The third-order valence-corrected chi connectivity index (χ3v) is 2.82. The Kier molecular flexibility index (Phi) is 5.93. The molecule has 0 aromatic heterocycles. The van der Waals surface area contributed by atoms with Crippen LogP contribution < -0.4 is 10.6 Å². The van der Waals surface area contributed by atoms with Crippen LogP contribution in [0.15, 0.2) is 0 Å². The molecule has 6 nitrogen and oxygen atoms in total. The van der Waals surface area contributed by atoms with Crippen LogP contribution in [0.2, 0.25) is 0 Å². The Morgan fingerprint density at radius 3 is 3.12 bits per heavy atom. The number of carbonyl (C=O) groups excluding carboxylic acids is 2. The second kappa shape index (κ2) is 7.24. The topological polar surface area (TPSA) is 70.7 Å². The monoisotopic (exact) mass is 243 g/mol. The average molecular weight is 243 g/mol. The van der Waals surface area contributed by atoms with Crippen molar-refractivity contribution in [2.45, 2.75) is 19.4 Å². The second-order valence-electron chi connectivity index (χ2n) is 4.13. The number of piperazine rings is 1. The van der Waals surface area contributed by atoms with Gasteiger partial charge < -0.3 is 15.4 Å². The van der Waals surface area contributed by atoms with E-state index in [-0.39, 0.29) is 24.4 Å². The molecule has 0 aromatic rings. The van der Waals surface area contributed by atoms with Crippen molar-refractivity contribution in [3.63, 3.8) is 0 Å². The van der Waals surface area contributed by atoms with Gasteiger partial charge in [0.2, 0.25) is 11.8 Å². The molecule has 1 aliphatic rings. The fraction of sp³-hybridized carbons (Fsp3) is 0.818. The maximum atomic E-state index is 11.6. The van der Waals surface area contributed by atoms with E-state index in [0.717, 1.165) is 13.0 Å². The number of carbonyl (C=O) groups is 2. The minimum atomic E-state index is -0.228. The molecule has 1 unspecified atom stereocenters. The zero-order valence-electron chi connectivity index (χ0n) is 10.5. The maximum Gasteiger partial charge on any atom is 0.237 e. The van der Waals surface area contributed by atoms with E-state index >= 15 is 0 Å². The number of hydrogen-bond donors (Lipinski definition) is 2. The Bertz CT molecular complexity index is 271. The van der Waals surface area contributed by atoms with Crippen molar-refractivity contribution in [2.75, 3.05) is 39.9 Å². The van der Waals surface area contributed by atoms with Crippen LogP contribution in [0.5, 0.6) is 0 Å². The van der Waals surface area contributed by atoms with E-state index < -0.39 is 0 Å². The molecule has 1 saturated heterocycles. The van der Waals surface area contributed by atoms with Crippen LogP contribution in [0.1, 0.15) is 13.3 Å². The lowest BCUT2D eigenvalue weighted by atomic mass is 10.2. The van der Waals surface area contributed by atoms with Gasteiger partial charge in [0.25, 0.3) is 0 Å². The second-order valence-corrected chi connectivity index (χ2v) is 4.13. The highest BCUT2D eigenvalue weighted by molar-refractivity contribution is 5.84. The van der Waals surface area contributed by atoms with Crippen molar-refractivity contribution in [1.29, 1.82) is 0 Å². The van der Waals surface area contributed by atoms with Crippen LogP contribution in [0, 0.1) is 0 Å². The molecule has 2 N–H and O–H groups in total. The van der Waals surface area contributed by atoms with Crippen LogP contribution in [-0.2, 0) is 14.3 Å². The third kappa shape index (κ3) is 4.70. The number of ether oxygens (including phenoxy) is 1. The van der Waals surface area contributed by atoms with Crippen molar-refractivity contribution in [3.05, 3.63) is 0 Å².